The van der Waals surface area contributed by atoms with Gasteiger partial charge in [0.15, 0.2) is 11.5 Å². The number of hydrogen-bond donors (Lipinski definition) is 1. The molecule has 1 aliphatic heterocycles. The highest BCUT2D eigenvalue weighted by atomic mass is 79.9. The van der Waals surface area contributed by atoms with E-state index >= 15 is 0 Å². The molecule has 0 aliphatic carbocycles. The fourth-order valence-electron chi connectivity index (χ4n) is 2.39. The van der Waals surface area contributed by atoms with Gasteiger partial charge in [-0.15, -0.1) is 0 Å². The molecule has 0 saturated carbocycles. The van der Waals surface area contributed by atoms with E-state index in [0.29, 0.717) is 17.2 Å². The number of nitrogens with zero attached hydrogens (tertiary/aromatic N) is 1. The predicted molar refractivity (Wildman–Crippen MR) is 91.6 cm³/mol. The second-order valence-corrected chi connectivity index (χ2v) is 5.88. The van der Waals surface area contributed by atoms with Crippen LogP contribution in [0.15, 0.2) is 45.7 Å². The zero-order valence-electron chi connectivity index (χ0n) is 11.9. The Morgan fingerprint density at radius 1 is 1.13 bits per heavy atom. The van der Waals surface area contributed by atoms with Gasteiger partial charge in [-0.1, -0.05) is 34.1 Å². The summed E-state index contributed by atoms with van der Waals surface area (Å²) in [6.45, 7) is 0.223. The van der Waals surface area contributed by atoms with Gasteiger partial charge in [0.25, 0.3) is 5.56 Å². The number of benzene rings is 2. The van der Waals surface area contributed by atoms with Gasteiger partial charge in [-0.05, 0) is 35.9 Å². The molecule has 1 aromatic heterocycles. The maximum absolute atomic E-state index is 12.1. The lowest BCUT2D eigenvalue weighted by molar-refractivity contribution is 0.174. The molecule has 0 bridgehead atoms. The first-order chi connectivity index (χ1) is 11.2. The van der Waals surface area contributed by atoms with Crippen LogP contribution in [0.4, 0.5) is 0 Å². The molecule has 0 fully saturated rings. The van der Waals surface area contributed by atoms with Crippen molar-refractivity contribution < 1.29 is 9.47 Å². The molecule has 5 nitrogen and oxygen atoms in total. The number of aromatic amines is 1. The van der Waals surface area contributed by atoms with Crippen LogP contribution in [0, 0.1) is 0 Å². The van der Waals surface area contributed by atoms with Gasteiger partial charge in [-0.3, -0.25) is 4.79 Å². The third-order valence-corrected chi connectivity index (χ3v) is 4.23. The standard InChI is InChI=1S/C17H11BrN2O3/c18-11-8-16-15(22-9-23-16)7-10(11)5-6-14-17(21)20-13-4-2-1-3-12(13)19-14/h1-8H,9H2,(H,20,21)/b6-5+. The minimum absolute atomic E-state index is 0.223. The largest absolute Gasteiger partial charge is 0.454 e. The van der Waals surface area contributed by atoms with Crippen molar-refractivity contribution in [2.75, 3.05) is 6.79 Å². The molecule has 1 N–H and O–H groups in total. The van der Waals surface area contributed by atoms with Crippen LogP contribution in [0.5, 0.6) is 11.5 Å². The van der Waals surface area contributed by atoms with Gasteiger partial charge in [0.05, 0.1) is 11.0 Å². The molecule has 114 valence electrons. The van der Waals surface area contributed by atoms with Gasteiger partial charge in [0.1, 0.15) is 5.69 Å². The van der Waals surface area contributed by atoms with E-state index in [1.54, 1.807) is 6.08 Å². The first kappa shape index (κ1) is 14.0. The van der Waals surface area contributed by atoms with Crippen molar-refractivity contribution >= 4 is 39.1 Å². The average molecular weight is 371 g/mol. The van der Waals surface area contributed by atoms with Crippen LogP contribution in [0.3, 0.4) is 0 Å². The summed E-state index contributed by atoms with van der Waals surface area (Å²) in [4.78, 5) is 19.3. The van der Waals surface area contributed by atoms with Crippen LogP contribution in [0.2, 0.25) is 0 Å². The summed E-state index contributed by atoms with van der Waals surface area (Å²) in [5, 5.41) is 0. The van der Waals surface area contributed by atoms with Crippen LogP contribution in [0.25, 0.3) is 23.2 Å². The summed E-state index contributed by atoms with van der Waals surface area (Å²) in [7, 11) is 0. The van der Waals surface area contributed by atoms with Crippen LogP contribution < -0.4 is 15.0 Å². The van der Waals surface area contributed by atoms with Crippen molar-refractivity contribution in [3.63, 3.8) is 0 Å². The lowest BCUT2D eigenvalue weighted by Gasteiger charge is -2.02. The second-order valence-electron chi connectivity index (χ2n) is 5.03. The van der Waals surface area contributed by atoms with Crippen molar-refractivity contribution in [2.24, 2.45) is 0 Å². The minimum Gasteiger partial charge on any atom is -0.454 e. The Kier molecular flexibility index (Phi) is 3.38. The van der Waals surface area contributed by atoms with Crippen molar-refractivity contribution in [3.8, 4) is 11.5 Å². The average Bonchev–Trinajstić information content (AvgIpc) is 2.99. The molecular formula is C17H11BrN2O3. The molecule has 0 saturated heterocycles. The van der Waals surface area contributed by atoms with E-state index in [2.05, 4.69) is 25.9 Å². The van der Waals surface area contributed by atoms with Crippen molar-refractivity contribution in [3.05, 3.63) is 62.5 Å². The zero-order chi connectivity index (χ0) is 15.8. The lowest BCUT2D eigenvalue weighted by Crippen LogP contribution is -2.11. The van der Waals surface area contributed by atoms with Gasteiger partial charge < -0.3 is 14.5 Å². The summed E-state index contributed by atoms with van der Waals surface area (Å²) in [6, 6.07) is 11.1. The highest BCUT2D eigenvalue weighted by Gasteiger charge is 2.15. The molecule has 0 atom stereocenters. The highest BCUT2D eigenvalue weighted by molar-refractivity contribution is 9.10. The summed E-state index contributed by atoms with van der Waals surface area (Å²) in [5.41, 5.74) is 2.48. The Labute approximate surface area is 139 Å². The number of nitrogens with one attached hydrogen (secondary N) is 1. The van der Waals surface area contributed by atoms with Gasteiger partial charge in [0, 0.05) is 4.47 Å². The van der Waals surface area contributed by atoms with Crippen LogP contribution in [0.1, 0.15) is 11.3 Å². The third-order valence-electron chi connectivity index (χ3n) is 3.54. The first-order valence-corrected chi connectivity index (χ1v) is 7.76. The fraction of sp³-hybridized carbons (Fsp3) is 0.0588. The number of fused-ring (bicyclic) bond motifs is 2. The molecule has 4 rings (SSSR count). The Morgan fingerprint density at radius 2 is 1.91 bits per heavy atom. The van der Waals surface area contributed by atoms with E-state index < -0.39 is 0 Å². The van der Waals surface area contributed by atoms with Crippen LogP contribution in [-0.2, 0) is 0 Å². The minimum atomic E-state index is -0.225. The van der Waals surface area contributed by atoms with Crippen molar-refractivity contribution in [2.45, 2.75) is 0 Å². The second kappa shape index (κ2) is 5.55. The van der Waals surface area contributed by atoms with E-state index in [9.17, 15) is 4.79 Å². The maximum Gasteiger partial charge on any atom is 0.274 e. The Morgan fingerprint density at radius 3 is 2.78 bits per heavy atom. The molecule has 1 aliphatic rings. The molecule has 2 heterocycles. The van der Waals surface area contributed by atoms with Crippen LogP contribution in [-0.4, -0.2) is 16.8 Å². The molecule has 0 spiro atoms. The van der Waals surface area contributed by atoms with Gasteiger partial charge in [-0.2, -0.15) is 0 Å². The lowest BCUT2D eigenvalue weighted by atomic mass is 10.1. The molecule has 0 radical (unpaired) electrons. The van der Waals surface area contributed by atoms with E-state index in [0.717, 1.165) is 21.1 Å². The molecule has 2 aromatic carbocycles. The molecule has 0 unspecified atom stereocenters. The highest BCUT2D eigenvalue weighted by Crippen LogP contribution is 2.37. The van der Waals surface area contributed by atoms with E-state index in [1.165, 1.54) is 0 Å². The number of hydrogen-bond acceptors (Lipinski definition) is 4. The number of para-hydroxylation sites is 2. The van der Waals surface area contributed by atoms with E-state index in [-0.39, 0.29) is 12.4 Å². The number of halogens is 1. The van der Waals surface area contributed by atoms with Crippen molar-refractivity contribution in [1.29, 1.82) is 0 Å². The van der Waals surface area contributed by atoms with Gasteiger partial charge in [-0.25, -0.2) is 4.98 Å². The molecule has 3 aromatic rings. The monoisotopic (exact) mass is 370 g/mol. The molecule has 0 amide bonds. The third kappa shape index (κ3) is 2.61. The number of H-pyrrole nitrogens is 1. The molecular weight excluding hydrogens is 360 g/mol. The number of aromatic nitrogens is 2. The fourth-order valence-corrected chi connectivity index (χ4v) is 2.84. The molecule has 6 heteroatoms. The smallest absolute Gasteiger partial charge is 0.274 e. The van der Waals surface area contributed by atoms with Crippen LogP contribution >= 0.6 is 15.9 Å². The first-order valence-electron chi connectivity index (χ1n) is 6.97. The predicted octanol–water partition coefficient (Wildman–Crippen LogP) is 3.58. The maximum atomic E-state index is 12.1. The number of rotatable bonds is 2. The van der Waals surface area contributed by atoms with E-state index in [4.69, 9.17) is 9.47 Å². The molecule has 23 heavy (non-hydrogen) atoms. The summed E-state index contributed by atoms with van der Waals surface area (Å²) in [5.74, 6) is 1.39. The van der Waals surface area contributed by atoms with Gasteiger partial charge >= 0.3 is 0 Å². The summed E-state index contributed by atoms with van der Waals surface area (Å²) >= 11 is 3.49. The Bertz CT molecular complexity index is 995. The number of ether oxygens (including phenoxy) is 2. The topological polar surface area (TPSA) is 64.2 Å². The summed E-state index contributed by atoms with van der Waals surface area (Å²) in [6.07, 6.45) is 3.51. The Balaban J connectivity index is 1.74. The summed E-state index contributed by atoms with van der Waals surface area (Å²) < 4.78 is 11.5. The van der Waals surface area contributed by atoms with Crippen molar-refractivity contribution in [1.82, 2.24) is 9.97 Å². The van der Waals surface area contributed by atoms with Gasteiger partial charge in [0.2, 0.25) is 6.79 Å². The quantitative estimate of drug-likeness (QED) is 0.748. The normalized spacial score (nSPS) is 13.1. The van der Waals surface area contributed by atoms with E-state index in [1.807, 2.05) is 42.5 Å². The SMILES string of the molecule is O=c1[nH]c2ccccc2nc1/C=C/c1cc2c(cc1Br)OCO2. The zero-order valence-corrected chi connectivity index (χ0v) is 13.5. The Hall–Kier alpha value is -2.60.